The van der Waals surface area contributed by atoms with Crippen molar-refractivity contribution in [1.82, 2.24) is 0 Å². The fraction of sp³-hybridized carbons (Fsp3) is 0. The summed E-state index contributed by atoms with van der Waals surface area (Å²) >= 11 is 2.53. The summed E-state index contributed by atoms with van der Waals surface area (Å²) in [5.74, 6) is 0. The van der Waals surface area contributed by atoms with Gasteiger partial charge in [0.1, 0.15) is 0 Å². The molecule has 0 bridgehead atoms. The van der Waals surface area contributed by atoms with Crippen molar-refractivity contribution in [3.05, 3.63) is 0 Å². The Morgan fingerprint density at radius 2 is 1.00 bits per heavy atom. The zero-order valence-corrected chi connectivity index (χ0v) is 12.5. The molecule has 25 valence electrons. The summed E-state index contributed by atoms with van der Waals surface area (Å²) in [7, 11) is 3.89. The van der Waals surface area contributed by atoms with Crippen LogP contribution in [0.3, 0.4) is 0 Å². The van der Waals surface area contributed by atoms with Gasteiger partial charge < -0.3 is 13.5 Å². The Labute approximate surface area is 140 Å². The second kappa shape index (κ2) is 23.5. The van der Waals surface area contributed by atoms with Gasteiger partial charge in [-0.2, -0.15) is 0 Å². The van der Waals surface area contributed by atoms with Gasteiger partial charge in [0.25, 0.3) is 0 Å². The van der Waals surface area contributed by atoms with Crippen LogP contribution < -0.4 is 103 Å². The standard InChI is InChI=1S/Ag.2K.2S/q;2*+1;;-2. The molecule has 0 unspecified atom stereocenters. The van der Waals surface area contributed by atoms with E-state index in [1.165, 1.54) is 0 Å². The van der Waals surface area contributed by atoms with Gasteiger partial charge in [-0.05, 0) is 0 Å². The van der Waals surface area contributed by atoms with Gasteiger partial charge in [-0.15, -0.1) is 0 Å². The number of hydrogen-bond donors (Lipinski definition) is 0. The van der Waals surface area contributed by atoms with E-state index in [0.717, 1.165) is 0 Å². The van der Waals surface area contributed by atoms with Crippen molar-refractivity contribution in [2.75, 3.05) is 0 Å². The zero-order chi connectivity index (χ0) is 2.00. The van der Waals surface area contributed by atoms with Crippen molar-refractivity contribution in [2.24, 2.45) is 0 Å². The van der Waals surface area contributed by atoms with E-state index in [9.17, 15) is 0 Å². The summed E-state index contributed by atoms with van der Waals surface area (Å²) in [6.45, 7) is 0. The quantitative estimate of drug-likeness (QED) is 0.387. The number of hydrogen-bond acceptors (Lipinski definition) is 1. The minimum atomic E-state index is 0. The fourth-order valence-corrected chi connectivity index (χ4v) is 0. The minimum absolute atomic E-state index is 0. The molecule has 0 radical (unpaired) electrons. The van der Waals surface area contributed by atoms with E-state index >= 15 is 0 Å². The Morgan fingerprint density at radius 1 is 1.00 bits per heavy atom. The van der Waals surface area contributed by atoms with E-state index < -0.39 is 0 Å². The first-order valence-electron chi connectivity index (χ1n) is 0.123. The third kappa shape index (κ3) is 17.7. The third-order valence-electron chi connectivity index (χ3n) is 0. The molecule has 0 aromatic carbocycles. The Kier molecular flexibility index (Phi) is 106. The first kappa shape index (κ1) is 22.6. The average Bonchev–Trinajstić information content (AvgIpc) is 1.00. The van der Waals surface area contributed by atoms with Crippen molar-refractivity contribution in [1.29, 1.82) is 0 Å². The molecule has 0 spiro atoms. The predicted molar refractivity (Wildman–Crippen MR) is 15.0 cm³/mol. The SMILES string of the molecule is [K+].[K+].[S-2].[S]=[Ag]. The van der Waals surface area contributed by atoms with Crippen molar-refractivity contribution in [3.8, 4) is 0 Å². The van der Waals surface area contributed by atoms with E-state index in [1.54, 1.807) is 0 Å². The van der Waals surface area contributed by atoms with Crippen LogP contribution in [0.2, 0.25) is 0 Å². The Morgan fingerprint density at radius 3 is 1.00 bits per heavy atom. The van der Waals surface area contributed by atoms with Crippen LogP contribution in [0.25, 0.3) is 0 Å². The molecule has 0 aliphatic heterocycles. The fourth-order valence-electron chi connectivity index (χ4n) is 0. The van der Waals surface area contributed by atoms with Crippen LogP contribution in [-0.4, -0.2) is 0 Å². The van der Waals surface area contributed by atoms with Gasteiger partial charge in [0.2, 0.25) is 0 Å². The van der Waals surface area contributed by atoms with E-state index in [0.29, 0.717) is 0 Å². The monoisotopic (exact) mass is 249 g/mol. The third-order valence-corrected chi connectivity index (χ3v) is 0. The Hall–Kier alpha value is 4.58. The van der Waals surface area contributed by atoms with Crippen LogP contribution in [0.1, 0.15) is 0 Å². The van der Waals surface area contributed by atoms with Gasteiger partial charge in [-0.1, -0.05) is 0 Å². The summed E-state index contributed by atoms with van der Waals surface area (Å²) in [5.41, 5.74) is 0. The predicted octanol–water partition coefficient (Wildman–Crippen LogP) is -5.35. The first-order chi connectivity index (χ1) is 1.00. The van der Waals surface area contributed by atoms with Gasteiger partial charge >= 0.3 is 132 Å². The molecule has 0 saturated carbocycles. The van der Waals surface area contributed by atoms with Crippen LogP contribution in [0.4, 0.5) is 0 Å². The van der Waals surface area contributed by atoms with Gasteiger partial charge in [-0.25, -0.2) is 0 Å². The van der Waals surface area contributed by atoms with Crippen molar-refractivity contribution in [3.63, 3.8) is 0 Å². The molecule has 0 aromatic rings. The van der Waals surface area contributed by atoms with Gasteiger partial charge in [0.05, 0.1) is 0 Å². The molecule has 0 amide bonds. The van der Waals surface area contributed by atoms with E-state index in [4.69, 9.17) is 0 Å². The maximum atomic E-state index is 3.89. The summed E-state index contributed by atoms with van der Waals surface area (Å²) in [6.07, 6.45) is 0. The second-order valence-electron chi connectivity index (χ2n) is 0. The van der Waals surface area contributed by atoms with Crippen molar-refractivity contribution >= 4 is 23.1 Å². The average molecular weight is 250 g/mol. The molecule has 0 fully saturated rings. The molecule has 0 saturated heterocycles. The molecular weight excluding hydrogens is 250 g/mol. The summed E-state index contributed by atoms with van der Waals surface area (Å²) in [4.78, 5) is 0. The van der Waals surface area contributed by atoms with E-state index in [2.05, 4.69) is 28.8 Å². The number of rotatable bonds is 0. The van der Waals surface area contributed by atoms with Gasteiger partial charge in [-0.3, -0.25) is 0 Å². The Balaban J connectivity index is -0.00000000167. The van der Waals surface area contributed by atoms with Gasteiger partial charge in [0, 0.05) is 0 Å². The molecule has 0 nitrogen and oxygen atoms in total. The summed E-state index contributed by atoms with van der Waals surface area (Å²) in [5, 5.41) is 0. The van der Waals surface area contributed by atoms with E-state index in [-0.39, 0.29) is 116 Å². The van der Waals surface area contributed by atoms with Crippen LogP contribution in [0.5, 0.6) is 0 Å². The second-order valence-corrected chi connectivity index (χ2v) is 0. The topological polar surface area (TPSA) is 0 Å². The van der Waals surface area contributed by atoms with Crippen LogP contribution >= 0.6 is 9.58 Å². The molecule has 0 rings (SSSR count). The normalized spacial score (nSPS) is 1.20. The molecule has 0 atom stereocenters. The molecule has 5 heavy (non-hydrogen) atoms. The van der Waals surface area contributed by atoms with Crippen molar-refractivity contribution in [2.45, 2.75) is 0 Å². The first-order valence-corrected chi connectivity index (χ1v) is 2.18. The summed E-state index contributed by atoms with van der Waals surface area (Å²) < 4.78 is 0. The van der Waals surface area contributed by atoms with Crippen LogP contribution in [-0.2, 0) is 32.7 Å². The maximum absolute atomic E-state index is 3.89. The molecule has 0 aliphatic rings. The van der Waals surface area contributed by atoms with Crippen molar-refractivity contribution < 1.29 is 122 Å². The van der Waals surface area contributed by atoms with Gasteiger partial charge in [0.15, 0.2) is 0 Å². The zero-order valence-electron chi connectivity index (χ0n) is 3.12. The van der Waals surface area contributed by atoms with Crippen LogP contribution in [0.15, 0.2) is 0 Å². The molecule has 5 heteroatoms. The Bertz CT molecular complexity index is 7.61. The molecule has 0 aromatic heterocycles. The molecular formula is AgK2S2. The summed E-state index contributed by atoms with van der Waals surface area (Å²) in [6, 6.07) is 0. The molecule has 0 N–H and O–H groups in total. The molecule has 0 aliphatic carbocycles. The van der Waals surface area contributed by atoms with E-state index in [1.807, 2.05) is 0 Å². The molecule has 0 heterocycles. The van der Waals surface area contributed by atoms with Crippen LogP contribution in [0, 0.1) is 0 Å².